The zero-order valence-corrected chi connectivity index (χ0v) is 14.1. The van der Waals surface area contributed by atoms with Gasteiger partial charge < -0.3 is 14.5 Å². The van der Waals surface area contributed by atoms with Crippen LogP contribution in [-0.4, -0.2) is 49.0 Å². The lowest BCUT2D eigenvalue weighted by Crippen LogP contribution is -2.37. The molecule has 8 heteroatoms. The summed E-state index contributed by atoms with van der Waals surface area (Å²) in [6.45, 7) is 5.64. The van der Waals surface area contributed by atoms with E-state index >= 15 is 0 Å². The molecule has 1 heterocycles. The molecule has 0 atom stereocenters. The van der Waals surface area contributed by atoms with Crippen molar-refractivity contribution in [1.29, 1.82) is 0 Å². The predicted molar refractivity (Wildman–Crippen MR) is 87.9 cm³/mol. The van der Waals surface area contributed by atoms with Gasteiger partial charge in [-0.05, 0) is 6.42 Å². The van der Waals surface area contributed by atoms with E-state index in [1.165, 1.54) is 13.2 Å². The van der Waals surface area contributed by atoms with Crippen molar-refractivity contribution in [3.8, 4) is 5.75 Å². The first-order valence-electron chi connectivity index (χ1n) is 7.90. The maximum absolute atomic E-state index is 14.1. The molecule has 24 heavy (non-hydrogen) atoms. The minimum absolute atomic E-state index is 0.0585. The zero-order chi connectivity index (χ0) is 17.9. The summed E-state index contributed by atoms with van der Waals surface area (Å²) in [5, 5.41) is 11.3. The van der Waals surface area contributed by atoms with E-state index in [1.54, 1.807) is 9.80 Å². The first-order chi connectivity index (χ1) is 11.3. The third-order valence-corrected chi connectivity index (χ3v) is 4.08. The smallest absolute Gasteiger partial charge is 0.328 e. The number of nitro benzene ring substituents is 1. The van der Waals surface area contributed by atoms with E-state index in [0.717, 1.165) is 6.07 Å². The molecule has 2 rings (SSSR count). The predicted octanol–water partition coefficient (Wildman–Crippen LogP) is 2.44. The molecule has 0 aliphatic carbocycles. The van der Waals surface area contributed by atoms with Crippen LogP contribution in [0.4, 0.5) is 15.8 Å². The highest BCUT2D eigenvalue weighted by Gasteiger charge is 2.28. The molecule has 1 aliphatic rings. The Morgan fingerprint density at radius 3 is 2.58 bits per heavy atom. The van der Waals surface area contributed by atoms with Crippen LogP contribution in [-0.2, 0) is 4.79 Å². The second-order valence-electron chi connectivity index (χ2n) is 6.05. The van der Waals surface area contributed by atoms with E-state index < -0.39 is 16.4 Å². The van der Waals surface area contributed by atoms with Crippen LogP contribution in [0.1, 0.15) is 20.3 Å². The maximum atomic E-state index is 14.1. The Morgan fingerprint density at radius 1 is 1.29 bits per heavy atom. The van der Waals surface area contributed by atoms with Crippen molar-refractivity contribution in [3.63, 3.8) is 0 Å². The Kier molecular flexibility index (Phi) is 5.58. The fraction of sp³-hybridized carbons (Fsp3) is 0.562. The van der Waals surface area contributed by atoms with Crippen molar-refractivity contribution in [2.45, 2.75) is 20.3 Å². The number of benzene rings is 1. The molecule has 1 saturated heterocycles. The fourth-order valence-electron chi connectivity index (χ4n) is 2.84. The van der Waals surface area contributed by atoms with Crippen molar-refractivity contribution in [2.24, 2.45) is 5.92 Å². The highest BCUT2D eigenvalue weighted by molar-refractivity contribution is 5.78. The summed E-state index contributed by atoms with van der Waals surface area (Å²) in [6.07, 6.45) is 0.661. The first kappa shape index (κ1) is 18.0. The van der Waals surface area contributed by atoms with Crippen LogP contribution in [0.5, 0.6) is 5.75 Å². The Morgan fingerprint density at radius 2 is 2.00 bits per heavy atom. The quantitative estimate of drug-likeness (QED) is 0.622. The summed E-state index contributed by atoms with van der Waals surface area (Å²) in [4.78, 5) is 26.2. The van der Waals surface area contributed by atoms with Gasteiger partial charge in [-0.1, -0.05) is 13.8 Å². The van der Waals surface area contributed by atoms with E-state index in [1.807, 2.05) is 13.8 Å². The summed E-state index contributed by atoms with van der Waals surface area (Å²) >= 11 is 0. The summed E-state index contributed by atoms with van der Waals surface area (Å²) in [6, 6.07) is 2.48. The average molecular weight is 339 g/mol. The van der Waals surface area contributed by atoms with Gasteiger partial charge in [0.15, 0.2) is 0 Å². The number of nitro groups is 1. The van der Waals surface area contributed by atoms with Gasteiger partial charge in [0.05, 0.1) is 12.0 Å². The molecule has 0 radical (unpaired) electrons. The number of carbonyl (C=O) groups excluding carboxylic acids is 1. The molecule has 1 amide bonds. The third-order valence-electron chi connectivity index (χ3n) is 4.08. The standard InChI is InChI=1S/C16H22FN3O4/c1-11(2)16(21)19-6-4-5-18(7-8-19)14-10-12(24-3)9-13(17)15(14)20(22)23/h9-11H,4-8H2,1-3H3. The summed E-state index contributed by atoms with van der Waals surface area (Å²) < 4.78 is 19.1. The van der Waals surface area contributed by atoms with Gasteiger partial charge in [-0.3, -0.25) is 14.9 Å². The van der Waals surface area contributed by atoms with Crippen LogP contribution in [0.2, 0.25) is 0 Å². The molecule has 0 spiro atoms. The summed E-state index contributed by atoms with van der Waals surface area (Å²) in [5.74, 6) is -0.732. The highest BCUT2D eigenvalue weighted by atomic mass is 19.1. The topological polar surface area (TPSA) is 75.9 Å². The summed E-state index contributed by atoms with van der Waals surface area (Å²) in [5.41, 5.74) is -0.366. The number of ether oxygens (including phenoxy) is 1. The largest absolute Gasteiger partial charge is 0.497 e. The molecule has 0 unspecified atom stereocenters. The van der Waals surface area contributed by atoms with Gasteiger partial charge >= 0.3 is 5.69 Å². The lowest BCUT2D eigenvalue weighted by molar-refractivity contribution is -0.386. The second-order valence-corrected chi connectivity index (χ2v) is 6.05. The molecule has 0 N–H and O–H groups in total. The van der Waals surface area contributed by atoms with Crippen LogP contribution in [0.25, 0.3) is 0 Å². The Labute approximate surface area is 140 Å². The van der Waals surface area contributed by atoms with Crippen molar-refractivity contribution < 1.29 is 18.8 Å². The van der Waals surface area contributed by atoms with Crippen LogP contribution < -0.4 is 9.64 Å². The van der Waals surface area contributed by atoms with E-state index in [0.29, 0.717) is 32.6 Å². The first-order valence-corrected chi connectivity index (χ1v) is 7.90. The van der Waals surface area contributed by atoms with Crippen LogP contribution in [0, 0.1) is 21.8 Å². The minimum atomic E-state index is -0.922. The Hall–Kier alpha value is -2.38. The Bertz CT molecular complexity index is 636. The lowest BCUT2D eigenvalue weighted by Gasteiger charge is -2.24. The van der Waals surface area contributed by atoms with E-state index in [-0.39, 0.29) is 23.3 Å². The van der Waals surface area contributed by atoms with E-state index in [9.17, 15) is 19.3 Å². The molecular weight excluding hydrogens is 317 g/mol. The number of halogens is 1. The van der Waals surface area contributed by atoms with Gasteiger partial charge in [0.2, 0.25) is 11.7 Å². The van der Waals surface area contributed by atoms with Crippen molar-refractivity contribution >= 4 is 17.3 Å². The van der Waals surface area contributed by atoms with Crippen LogP contribution in [0.15, 0.2) is 12.1 Å². The van der Waals surface area contributed by atoms with Crippen LogP contribution in [0.3, 0.4) is 0 Å². The molecule has 7 nitrogen and oxygen atoms in total. The monoisotopic (exact) mass is 339 g/mol. The number of hydrogen-bond donors (Lipinski definition) is 0. The third kappa shape index (κ3) is 3.74. The number of carbonyl (C=O) groups is 1. The molecule has 132 valence electrons. The molecule has 0 saturated carbocycles. The highest BCUT2D eigenvalue weighted by Crippen LogP contribution is 2.35. The number of methoxy groups -OCH3 is 1. The van der Waals surface area contributed by atoms with E-state index in [4.69, 9.17) is 4.74 Å². The van der Waals surface area contributed by atoms with Crippen molar-refractivity contribution in [3.05, 3.63) is 28.1 Å². The molecule has 1 aliphatic heterocycles. The maximum Gasteiger partial charge on any atom is 0.328 e. The minimum Gasteiger partial charge on any atom is -0.497 e. The van der Waals surface area contributed by atoms with Crippen molar-refractivity contribution in [2.75, 3.05) is 38.2 Å². The number of anilines is 1. The molecule has 1 fully saturated rings. The molecule has 0 aromatic heterocycles. The number of rotatable bonds is 4. The van der Waals surface area contributed by atoms with Gasteiger partial charge in [0.25, 0.3) is 0 Å². The molecule has 1 aromatic carbocycles. The summed E-state index contributed by atoms with van der Waals surface area (Å²) in [7, 11) is 1.38. The van der Waals surface area contributed by atoms with Gasteiger partial charge in [-0.15, -0.1) is 0 Å². The number of amides is 1. The van der Waals surface area contributed by atoms with Gasteiger partial charge in [0, 0.05) is 44.2 Å². The molecule has 1 aromatic rings. The lowest BCUT2D eigenvalue weighted by atomic mass is 10.2. The molecule has 0 bridgehead atoms. The second kappa shape index (κ2) is 7.46. The molecular formula is C16H22FN3O4. The Balaban J connectivity index is 2.30. The normalized spacial score (nSPS) is 15.4. The van der Waals surface area contributed by atoms with Crippen LogP contribution >= 0.6 is 0 Å². The SMILES string of the molecule is COc1cc(F)c([N+](=O)[O-])c(N2CCCN(C(=O)C(C)C)CC2)c1. The zero-order valence-electron chi connectivity index (χ0n) is 14.1. The van der Waals surface area contributed by atoms with E-state index in [2.05, 4.69) is 0 Å². The fourth-order valence-corrected chi connectivity index (χ4v) is 2.84. The van der Waals surface area contributed by atoms with Crippen molar-refractivity contribution in [1.82, 2.24) is 4.90 Å². The van der Waals surface area contributed by atoms with Gasteiger partial charge in [-0.2, -0.15) is 4.39 Å². The number of nitrogens with zero attached hydrogens (tertiary/aromatic N) is 3. The van der Waals surface area contributed by atoms with Gasteiger partial charge in [-0.25, -0.2) is 0 Å². The van der Waals surface area contributed by atoms with Gasteiger partial charge in [0.1, 0.15) is 11.4 Å². The number of hydrogen-bond acceptors (Lipinski definition) is 5. The average Bonchev–Trinajstić information content (AvgIpc) is 2.78.